The molecule has 0 amide bonds. The summed E-state index contributed by atoms with van der Waals surface area (Å²) < 4.78 is 5.07. The molecule has 2 nitrogen and oxygen atoms in total. The minimum Gasteiger partial charge on any atom is -0.458 e. The van der Waals surface area contributed by atoms with Crippen LogP contribution in [0.25, 0.3) is 0 Å². The van der Waals surface area contributed by atoms with Gasteiger partial charge in [-0.25, -0.2) is 4.79 Å². The van der Waals surface area contributed by atoms with E-state index in [0.29, 0.717) is 12.2 Å². The van der Waals surface area contributed by atoms with Crippen LogP contribution in [0, 0.1) is 12.3 Å². The van der Waals surface area contributed by atoms with Crippen molar-refractivity contribution >= 4 is 5.97 Å². The van der Waals surface area contributed by atoms with Crippen molar-refractivity contribution in [1.82, 2.24) is 0 Å². The molecule has 0 N–H and O–H groups in total. The minimum atomic E-state index is -0.293. The maximum Gasteiger partial charge on any atom is 0.338 e. The molecular weight excluding hydrogens is 212 g/mol. The van der Waals surface area contributed by atoms with E-state index in [1.165, 1.54) is 0 Å². The van der Waals surface area contributed by atoms with Crippen molar-refractivity contribution in [3.63, 3.8) is 0 Å². The molecule has 88 valence electrons. The van der Waals surface area contributed by atoms with E-state index in [2.05, 4.69) is 5.92 Å². The zero-order chi connectivity index (χ0) is 12.3. The summed E-state index contributed by atoms with van der Waals surface area (Å²) in [6.45, 7) is 0.309. The summed E-state index contributed by atoms with van der Waals surface area (Å²) >= 11 is 0. The third-order valence-corrected chi connectivity index (χ3v) is 2.18. The molecule has 17 heavy (non-hydrogen) atoms. The smallest absolute Gasteiger partial charge is 0.338 e. The first-order valence-electron chi connectivity index (χ1n) is 5.65. The van der Waals surface area contributed by atoms with Crippen molar-refractivity contribution in [2.45, 2.75) is 19.3 Å². The number of carbonyl (C=O) groups is 1. The average molecular weight is 228 g/mol. The van der Waals surface area contributed by atoms with E-state index in [9.17, 15) is 4.79 Å². The van der Waals surface area contributed by atoms with E-state index in [4.69, 9.17) is 11.2 Å². The SMILES string of the molecule is C#CCCC/C=C/COC(=O)c1ccccc1. The lowest BCUT2D eigenvalue weighted by atomic mass is 10.2. The van der Waals surface area contributed by atoms with Gasteiger partial charge in [-0.3, -0.25) is 0 Å². The highest BCUT2D eigenvalue weighted by Crippen LogP contribution is 2.01. The molecule has 2 heteroatoms. The van der Waals surface area contributed by atoms with Gasteiger partial charge in [0.25, 0.3) is 0 Å². The molecule has 0 bridgehead atoms. The van der Waals surface area contributed by atoms with Gasteiger partial charge in [-0.05, 0) is 25.0 Å². The van der Waals surface area contributed by atoms with Crippen LogP contribution in [-0.2, 0) is 4.74 Å². The molecule has 1 aromatic carbocycles. The van der Waals surface area contributed by atoms with Gasteiger partial charge in [0.2, 0.25) is 0 Å². The van der Waals surface area contributed by atoms with Crippen LogP contribution in [0.1, 0.15) is 29.6 Å². The first-order valence-corrected chi connectivity index (χ1v) is 5.65. The number of ether oxygens (including phenoxy) is 1. The molecule has 0 saturated heterocycles. The quantitative estimate of drug-likeness (QED) is 0.323. The predicted octanol–water partition coefficient (Wildman–Crippen LogP) is 3.20. The second kappa shape index (κ2) is 8.18. The van der Waals surface area contributed by atoms with Gasteiger partial charge in [0.05, 0.1) is 5.56 Å². The Morgan fingerprint density at radius 3 is 2.76 bits per heavy atom. The summed E-state index contributed by atoms with van der Waals surface area (Å²) in [5.41, 5.74) is 0.577. The van der Waals surface area contributed by atoms with E-state index < -0.39 is 0 Å². The first-order chi connectivity index (χ1) is 8.34. The largest absolute Gasteiger partial charge is 0.458 e. The number of esters is 1. The lowest BCUT2D eigenvalue weighted by Gasteiger charge is -2.00. The number of allylic oxidation sites excluding steroid dienone is 1. The highest BCUT2D eigenvalue weighted by Gasteiger charge is 2.03. The molecule has 0 aliphatic heterocycles. The topological polar surface area (TPSA) is 26.3 Å². The first kappa shape index (κ1) is 13.1. The fraction of sp³-hybridized carbons (Fsp3) is 0.267. The Kier molecular flexibility index (Phi) is 6.28. The molecule has 1 aromatic rings. The second-order valence-electron chi connectivity index (χ2n) is 3.53. The van der Waals surface area contributed by atoms with Crippen LogP contribution in [0.15, 0.2) is 42.5 Å². The fourth-order valence-corrected chi connectivity index (χ4v) is 1.29. The average Bonchev–Trinajstić information content (AvgIpc) is 2.38. The number of unbranched alkanes of at least 4 members (excludes halogenated alkanes) is 2. The zero-order valence-corrected chi connectivity index (χ0v) is 9.76. The Bertz CT molecular complexity index is 399. The molecule has 0 heterocycles. The van der Waals surface area contributed by atoms with E-state index in [-0.39, 0.29) is 5.97 Å². The highest BCUT2D eigenvalue weighted by atomic mass is 16.5. The zero-order valence-electron chi connectivity index (χ0n) is 9.76. The molecule has 0 aliphatic rings. The van der Waals surface area contributed by atoms with Gasteiger partial charge in [-0.15, -0.1) is 12.3 Å². The van der Waals surface area contributed by atoms with E-state index in [0.717, 1.165) is 19.3 Å². The number of hydrogen-bond acceptors (Lipinski definition) is 2. The Labute approximate surface area is 102 Å². The van der Waals surface area contributed by atoms with Crippen LogP contribution in [0.5, 0.6) is 0 Å². The van der Waals surface area contributed by atoms with E-state index in [1.54, 1.807) is 12.1 Å². The van der Waals surface area contributed by atoms with E-state index >= 15 is 0 Å². The summed E-state index contributed by atoms with van der Waals surface area (Å²) in [7, 11) is 0. The summed E-state index contributed by atoms with van der Waals surface area (Å²) in [5, 5.41) is 0. The maximum atomic E-state index is 11.5. The fourth-order valence-electron chi connectivity index (χ4n) is 1.29. The molecule has 0 fully saturated rings. The molecule has 0 aliphatic carbocycles. The van der Waals surface area contributed by atoms with Gasteiger partial charge < -0.3 is 4.74 Å². The van der Waals surface area contributed by atoms with Crippen LogP contribution < -0.4 is 0 Å². The van der Waals surface area contributed by atoms with Gasteiger partial charge in [0, 0.05) is 6.42 Å². The van der Waals surface area contributed by atoms with Crippen molar-refractivity contribution in [3.05, 3.63) is 48.0 Å². The van der Waals surface area contributed by atoms with E-state index in [1.807, 2.05) is 30.4 Å². The molecule has 0 aromatic heterocycles. The second-order valence-corrected chi connectivity index (χ2v) is 3.53. The predicted molar refractivity (Wildman–Crippen MR) is 68.5 cm³/mol. The van der Waals surface area contributed by atoms with Crippen molar-refractivity contribution in [3.8, 4) is 12.3 Å². The maximum absolute atomic E-state index is 11.5. The van der Waals surface area contributed by atoms with Gasteiger partial charge >= 0.3 is 5.97 Å². The van der Waals surface area contributed by atoms with Crippen LogP contribution >= 0.6 is 0 Å². The van der Waals surface area contributed by atoms with Crippen LogP contribution in [0.3, 0.4) is 0 Å². The van der Waals surface area contributed by atoms with Gasteiger partial charge in [0.1, 0.15) is 6.61 Å². The summed E-state index contributed by atoms with van der Waals surface area (Å²) in [6.07, 6.45) is 11.6. The molecule has 1 rings (SSSR count). The molecule has 0 atom stereocenters. The molecule has 0 unspecified atom stereocenters. The minimum absolute atomic E-state index is 0.293. The van der Waals surface area contributed by atoms with Gasteiger partial charge in [-0.1, -0.05) is 30.4 Å². The lowest BCUT2D eigenvalue weighted by Crippen LogP contribution is -2.04. The Morgan fingerprint density at radius 2 is 2.06 bits per heavy atom. The van der Waals surface area contributed by atoms with Crippen molar-refractivity contribution < 1.29 is 9.53 Å². The molecule has 0 spiro atoms. The Balaban J connectivity index is 2.19. The van der Waals surface area contributed by atoms with Crippen molar-refractivity contribution in [2.24, 2.45) is 0 Å². The van der Waals surface area contributed by atoms with Crippen LogP contribution in [-0.4, -0.2) is 12.6 Å². The lowest BCUT2D eigenvalue weighted by molar-refractivity contribution is 0.0549. The number of carbonyl (C=O) groups excluding carboxylic acids is 1. The van der Waals surface area contributed by atoms with Gasteiger partial charge in [0.15, 0.2) is 0 Å². The number of rotatable bonds is 6. The summed E-state index contributed by atoms with van der Waals surface area (Å²) in [6, 6.07) is 8.96. The molecule has 0 saturated carbocycles. The Hall–Kier alpha value is -2.01. The molecule has 0 radical (unpaired) electrons. The number of benzene rings is 1. The third kappa shape index (κ3) is 5.58. The third-order valence-electron chi connectivity index (χ3n) is 2.18. The number of terminal acetylenes is 1. The van der Waals surface area contributed by atoms with Crippen LogP contribution in [0.2, 0.25) is 0 Å². The van der Waals surface area contributed by atoms with Crippen molar-refractivity contribution in [2.75, 3.05) is 6.61 Å². The van der Waals surface area contributed by atoms with Crippen molar-refractivity contribution in [1.29, 1.82) is 0 Å². The standard InChI is InChI=1S/C15H16O2/c1-2-3-4-5-6-10-13-17-15(16)14-11-8-7-9-12-14/h1,6-12H,3-5,13H2/b10-6+. The normalized spacial score (nSPS) is 10.1. The molecular formula is C15H16O2. The monoisotopic (exact) mass is 228 g/mol. The Morgan fingerprint density at radius 1 is 1.29 bits per heavy atom. The highest BCUT2D eigenvalue weighted by molar-refractivity contribution is 5.89. The summed E-state index contributed by atoms with van der Waals surface area (Å²) in [4.78, 5) is 11.5. The number of hydrogen-bond donors (Lipinski definition) is 0. The summed E-state index contributed by atoms with van der Waals surface area (Å²) in [5.74, 6) is 2.29. The van der Waals surface area contributed by atoms with Gasteiger partial charge in [-0.2, -0.15) is 0 Å². The van der Waals surface area contributed by atoms with Crippen LogP contribution in [0.4, 0.5) is 0 Å².